The highest BCUT2D eigenvalue weighted by molar-refractivity contribution is 7.89. The number of fused-ring (bicyclic) bond motifs is 1. The summed E-state index contributed by atoms with van der Waals surface area (Å²) < 4.78 is 32.2. The van der Waals surface area contributed by atoms with Gasteiger partial charge in [-0.25, -0.2) is 13.1 Å². The molecule has 0 saturated heterocycles. The summed E-state index contributed by atoms with van der Waals surface area (Å²) in [4.78, 5) is 12.2. The highest BCUT2D eigenvalue weighted by Gasteiger charge is 2.10. The fourth-order valence-electron chi connectivity index (χ4n) is 2.00. The van der Waals surface area contributed by atoms with Crippen LogP contribution in [0.2, 0.25) is 0 Å². The summed E-state index contributed by atoms with van der Waals surface area (Å²) in [6.45, 7) is 0.659. The highest BCUT2D eigenvalue weighted by Crippen LogP contribution is 2.07. The van der Waals surface area contributed by atoms with E-state index in [1.54, 1.807) is 18.3 Å². The molecule has 0 unspecified atom stereocenters. The van der Waals surface area contributed by atoms with Gasteiger partial charge in [0.1, 0.15) is 0 Å². The summed E-state index contributed by atoms with van der Waals surface area (Å²) in [5.41, 5.74) is -0.180. The van der Waals surface area contributed by atoms with Crippen molar-refractivity contribution in [2.24, 2.45) is 0 Å². The van der Waals surface area contributed by atoms with Gasteiger partial charge in [0.2, 0.25) is 10.0 Å². The van der Waals surface area contributed by atoms with Crippen LogP contribution in [0.25, 0.3) is 10.8 Å². The summed E-state index contributed by atoms with van der Waals surface area (Å²) in [5.74, 6) is -0.144. The quantitative estimate of drug-likeness (QED) is 0.758. The maximum absolute atomic E-state index is 12.2. The predicted octanol–water partition coefficient (Wildman–Crippen LogP) is 0.567. The zero-order chi connectivity index (χ0) is 15.3. The van der Waals surface area contributed by atoms with Crippen LogP contribution in [0.1, 0.15) is 0 Å². The third kappa shape index (κ3) is 4.13. The summed E-state index contributed by atoms with van der Waals surface area (Å²) >= 11 is 0. The van der Waals surface area contributed by atoms with Gasteiger partial charge in [0.15, 0.2) is 0 Å². The first-order chi connectivity index (χ1) is 10.0. The van der Waals surface area contributed by atoms with Gasteiger partial charge in [-0.2, -0.15) is 0 Å². The molecule has 2 rings (SSSR count). The molecular weight excluding hydrogens is 292 g/mol. The van der Waals surface area contributed by atoms with E-state index in [0.29, 0.717) is 12.0 Å². The Hall–Kier alpha value is -1.70. The van der Waals surface area contributed by atoms with Crippen molar-refractivity contribution in [3.05, 3.63) is 46.9 Å². The van der Waals surface area contributed by atoms with Gasteiger partial charge in [-0.05, 0) is 17.5 Å². The maximum Gasteiger partial charge on any atom is 0.258 e. The summed E-state index contributed by atoms with van der Waals surface area (Å²) in [7, 11) is -1.91. The van der Waals surface area contributed by atoms with Crippen molar-refractivity contribution in [2.45, 2.75) is 6.54 Å². The summed E-state index contributed by atoms with van der Waals surface area (Å²) in [6, 6.07) is 9.04. The lowest BCUT2D eigenvalue weighted by Gasteiger charge is -2.09. The van der Waals surface area contributed by atoms with Crippen molar-refractivity contribution in [1.29, 1.82) is 0 Å². The molecule has 0 aliphatic heterocycles. The molecule has 21 heavy (non-hydrogen) atoms. The average molecular weight is 310 g/mol. The average Bonchev–Trinajstić information content (AvgIpc) is 2.47. The van der Waals surface area contributed by atoms with Crippen LogP contribution in [0.3, 0.4) is 0 Å². The molecule has 1 heterocycles. The molecule has 1 aromatic carbocycles. The normalized spacial score (nSPS) is 11.9. The van der Waals surface area contributed by atoms with Gasteiger partial charge in [0, 0.05) is 31.8 Å². The molecule has 0 bridgehead atoms. The van der Waals surface area contributed by atoms with Crippen LogP contribution in [-0.2, 0) is 21.3 Å². The molecule has 1 aromatic heterocycles. The van der Waals surface area contributed by atoms with Crippen LogP contribution < -0.4 is 10.3 Å². The third-order valence-electron chi connectivity index (χ3n) is 3.12. The minimum atomic E-state index is -3.41. The van der Waals surface area contributed by atoms with Crippen molar-refractivity contribution in [3.63, 3.8) is 0 Å². The largest absolute Gasteiger partial charge is 0.383 e. The fraction of sp³-hybridized carbons (Fsp3) is 0.357. The molecule has 2 aromatic rings. The molecule has 1 N–H and O–H groups in total. The number of hydrogen-bond donors (Lipinski definition) is 1. The van der Waals surface area contributed by atoms with E-state index in [4.69, 9.17) is 4.74 Å². The Morgan fingerprint density at radius 2 is 2.00 bits per heavy atom. The van der Waals surface area contributed by atoms with Gasteiger partial charge in [0.05, 0.1) is 12.4 Å². The van der Waals surface area contributed by atoms with Gasteiger partial charge in [0.25, 0.3) is 5.56 Å². The minimum Gasteiger partial charge on any atom is -0.383 e. The number of benzene rings is 1. The standard InChI is InChI=1S/C14H18N2O4S/c1-20-10-7-15-21(18,19)11-9-16-8-6-12-4-2-3-5-13(12)14(16)17/h2-6,8,15H,7,9-11H2,1H3. The van der Waals surface area contributed by atoms with E-state index in [2.05, 4.69) is 4.72 Å². The number of aromatic nitrogens is 1. The SMILES string of the molecule is COCCNS(=O)(=O)CCn1ccc2ccccc2c1=O. The number of methoxy groups -OCH3 is 1. The molecule has 6 nitrogen and oxygen atoms in total. The zero-order valence-electron chi connectivity index (χ0n) is 11.8. The lowest BCUT2D eigenvalue weighted by molar-refractivity contribution is 0.204. The molecule has 0 radical (unpaired) electrons. The van der Waals surface area contributed by atoms with E-state index < -0.39 is 10.0 Å². The van der Waals surface area contributed by atoms with Gasteiger partial charge in [-0.3, -0.25) is 4.79 Å². The van der Waals surface area contributed by atoms with E-state index in [-0.39, 0.29) is 24.4 Å². The van der Waals surface area contributed by atoms with Gasteiger partial charge in [-0.1, -0.05) is 18.2 Å². The van der Waals surface area contributed by atoms with Crippen molar-refractivity contribution in [2.75, 3.05) is 26.0 Å². The van der Waals surface area contributed by atoms with Gasteiger partial charge >= 0.3 is 0 Å². The number of pyridine rings is 1. The molecule has 0 aliphatic rings. The smallest absolute Gasteiger partial charge is 0.258 e. The lowest BCUT2D eigenvalue weighted by Crippen LogP contribution is -2.32. The minimum absolute atomic E-state index is 0.117. The van der Waals surface area contributed by atoms with Crippen molar-refractivity contribution in [1.82, 2.24) is 9.29 Å². The number of nitrogens with zero attached hydrogens (tertiary/aromatic N) is 1. The van der Waals surface area contributed by atoms with E-state index in [1.807, 2.05) is 18.2 Å². The third-order valence-corrected chi connectivity index (χ3v) is 4.48. The van der Waals surface area contributed by atoms with Gasteiger partial charge < -0.3 is 9.30 Å². The Morgan fingerprint density at radius 3 is 2.76 bits per heavy atom. The number of rotatable bonds is 7. The molecule has 114 valence electrons. The van der Waals surface area contributed by atoms with Crippen LogP contribution in [0, 0.1) is 0 Å². The lowest BCUT2D eigenvalue weighted by atomic mass is 10.2. The topological polar surface area (TPSA) is 77.4 Å². The second-order valence-corrected chi connectivity index (χ2v) is 6.53. The monoisotopic (exact) mass is 310 g/mol. The molecular formula is C14H18N2O4S. The predicted molar refractivity (Wildman–Crippen MR) is 81.9 cm³/mol. The molecule has 7 heteroatoms. The first kappa shape index (κ1) is 15.7. The van der Waals surface area contributed by atoms with E-state index in [9.17, 15) is 13.2 Å². The number of ether oxygens (including phenoxy) is 1. The van der Waals surface area contributed by atoms with Crippen LogP contribution >= 0.6 is 0 Å². The van der Waals surface area contributed by atoms with Crippen LogP contribution in [0.4, 0.5) is 0 Å². The maximum atomic E-state index is 12.2. The Bertz CT molecular complexity index is 768. The first-order valence-electron chi connectivity index (χ1n) is 6.58. The number of hydrogen-bond acceptors (Lipinski definition) is 4. The van der Waals surface area contributed by atoms with E-state index >= 15 is 0 Å². The van der Waals surface area contributed by atoms with Crippen LogP contribution in [-0.4, -0.2) is 39.0 Å². The fourth-order valence-corrected chi connectivity index (χ4v) is 2.97. The van der Waals surface area contributed by atoms with Crippen molar-refractivity contribution < 1.29 is 13.2 Å². The Labute approximate surface area is 123 Å². The van der Waals surface area contributed by atoms with Crippen molar-refractivity contribution in [3.8, 4) is 0 Å². The molecule has 0 aliphatic carbocycles. The Kier molecular flexibility index (Phi) is 5.11. The Morgan fingerprint density at radius 1 is 1.24 bits per heavy atom. The number of nitrogens with one attached hydrogen (secondary N) is 1. The first-order valence-corrected chi connectivity index (χ1v) is 8.23. The molecule has 0 fully saturated rings. The second-order valence-electron chi connectivity index (χ2n) is 4.61. The molecule has 0 spiro atoms. The number of sulfonamides is 1. The van der Waals surface area contributed by atoms with Gasteiger partial charge in [-0.15, -0.1) is 0 Å². The van der Waals surface area contributed by atoms with E-state index in [0.717, 1.165) is 5.39 Å². The second kappa shape index (κ2) is 6.84. The molecule has 0 amide bonds. The van der Waals surface area contributed by atoms with Crippen LogP contribution in [0.15, 0.2) is 41.3 Å². The molecule has 0 atom stereocenters. The van der Waals surface area contributed by atoms with Crippen molar-refractivity contribution >= 4 is 20.8 Å². The Balaban J connectivity index is 2.10. The summed E-state index contributed by atoms with van der Waals surface area (Å²) in [6.07, 6.45) is 1.62. The summed E-state index contributed by atoms with van der Waals surface area (Å²) in [5, 5.41) is 1.43. The van der Waals surface area contributed by atoms with Crippen LogP contribution in [0.5, 0.6) is 0 Å². The zero-order valence-corrected chi connectivity index (χ0v) is 12.6. The highest BCUT2D eigenvalue weighted by atomic mass is 32.2. The number of aryl methyl sites for hydroxylation is 1. The molecule has 0 saturated carbocycles. The van der Waals surface area contributed by atoms with E-state index in [1.165, 1.54) is 11.7 Å².